The second-order valence-electron chi connectivity index (χ2n) is 4.44. The van der Waals surface area contributed by atoms with Gasteiger partial charge in [-0.15, -0.1) is 0 Å². The van der Waals surface area contributed by atoms with E-state index in [1.54, 1.807) is 6.92 Å². The first-order valence-electron chi connectivity index (χ1n) is 6.37. The van der Waals surface area contributed by atoms with Crippen molar-refractivity contribution >= 4 is 11.9 Å². The fourth-order valence-electron chi connectivity index (χ4n) is 1.72. The van der Waals surface area contributed by atoms with Crippen LogP contribution >= 0.6 is 0 Å². The van der Waals surface area contributed by atoms with Crippen LogP contribution in [0.2, 0.25) is 0 Å². The van der Waals surface area contributed by atoms with Gasteiger partial charge in [-0.1, -0.05) is 37.3 Å². The van der Waals surface area contributed by atoms with Gasteiger partial charge >= 0.3 is 5.97 Å². The van der Waals surface area contributed by atoms with E-state index in [-0.39, 0.29) is 0 Å². The molecule has 0 aliphatic carbocycles. The van der Waals surface area contributed by atoms with Crippen LogP contribution in [-0.2, 0) is 16.0 Å². The van der Waals surface area contributed by atoms with E-state index in [0.717, 1.165) is 5.56 Å². The third-order valence-electron chi connectivity index (χ3n) is 2.95. The van der Waals surface area contributed by atoms with Crippen LogP contribution in [0.15, 0.2) is 30.3 Å². The van der Waals surface area contributed by atoms with Gasteiger partial charge in [0.2, 0.25) is 5.91 Å². The molecule has 0 radical (unpaired) electrons. The average Bonchev–Trinajstić information content (AvgIpc) is 2.42. The zero-order valence-electron chi connectivity index (χ0n) is 11.0. The van der Waals surface area contributed by atoms with Gasteiger partial charge in [-0.3, -0.25) is 4.79 Å². The molecule has 5 heteroatoms. The number of carbonyl (C=O) groups excluding carboxylic acids is 1. The van der Waals surface area contributed by atoms with Crippen LogP contribution in [0.4, 0.5) is 0 Å². The smallest absolute Gasteiger partial charge is 0.326 e. The van der Waals surface area contributed by atoms with E-state index in [0.29, 0.717) is 19.3 Å². The van der Waals surface area contributed by atoms with E-state index < -0.39 is 24.0 Å². The maximum Gasteiger partial charge on any atom is 0.326 e. The first-order valence-corrected chi connectivity index (χ1v) is 6.37. The van der Waals surface area contributed by atoms with Crippen LogP contribution in [-0.4, -0.2) is 29.1 Å². The molecule has 1 amide bonds. The van der Waals surface area contributed by atoms with E-state index in [1.165, 1.54) is 0 Å². The summed E-state index contributed by atoms with van der Waals surface area (Å²) in [4.78, 5) is 22.6. The zero-order valence-corrected chi connectivity index (χ0v) is 11.0. The fraction of sp³-hybridized carbons (Fsp3) is 0.429. The SMILES string of the molecule is CCC(NC(=O)[C@@H](N)CCc1ccccc1)C(=O)O. The summed E-state index contributed by atoms with van der Waals surface area (Å²) in [6.45, 7) is 1.70. The molecular weight excluding hydrogens is 244 g/mol. The highest BCUT2D eigenvalue weighted by Crippen LogP contribution is 2.04. The van der Waals surface area contributed by atoms with Gasteiger partial charge in [0.25, 0.3) is 0 Å². The largest absolute Gasteiger partial charge is 0.480 e. The minimum atomic E-state index is -1.04. The molecule has 1 aromatic carbocycles. The van der Waals surface area contributed by atoms with Crippen molar-refractivity contribution in [2.45, 2.75) is 38.3 Å². The fourth-order valence-corrected chi connectivity index (χ4v) is 1.72. The molecule has 2 atom stereocenters. The molecule has 0 saturated heterocycles. The highest BCUT2D eigenvalue weighted by Gasteiger charge is 2.21. The number of hydrogen-bond acceptors (Lipinski definition) is 3. The molecule has 0 spiro atoms. The summed E-state index contributed by atoms with van der Waals surface area (Å²) in [6.07, 6.45) is 1.53. The van der Waals surface area contributed by atoms with Gasteiger partial charge in [0, 0.05) is 0 Å². The predicted octanol–water partition coefficient (Wildman–Crippen LogP) is 0.926. The molecule has 0 fully saturated rings. The number of rotatable bonds is 7. The van der Waals surface area contributed by atoms with Gasteiger partial charge in [0.1, 0.15) is 6.04 Å². The monoisotopic (exact) mass is 264 g/mol. The molecule has 4 N–H and O–H groups in total. The molecule has 0 bridgehead atoms. The van der Waals surface area contributed by atoms with Crippen molar-refractivity contribution in [3.8, 4) is 0 Å². The van der Waals surface area contributed by atoms with Gasteiger partial charge in [0.05, 0.1) is 6.04 Å². The third kappa shape index (κ3) is 5.09. The van der Waals surface area contributed by atoms with Gasteiger partial charge in [-0.05, 0) is 24.8 Å². The molecular formula is C14H20N2O3. The van der Waals surface area contributed by atoms with Crippen molar-refractivity contribution < 1.29 is 14.7 Å². The summed E-state index contributed by atoms with van der Waals surface area (Å²) >= 11 is 0. The summed E-state index contributed by atoms with van der Waals surface area (Å²) in [5.41, 5.74) is 6.87. The van der Waals surface area contributed by atoms with Crippen molar-refractivity contribution in [3.05, 3.63) is 35.9 Å². The van der Waals surface area contributed by atoms with Crippen LogP contribution in [0, 0.1) is 0 Å². The Balaban J connectivity index is 2.42. The summed E-state index contributed by atoms with van der Waals surface area (Å²) in [5, 5.41) is 11.3. The number of amides is 1. The van der Waals surface area contributed by atoms with Crippen LogP contribution in [0.1, 0.15) is 25.3 Å². The Bertz CT molecular complexity index is 420. The van der Waals surface area contributed by atoms with Gasteiger partial charge in [0.15, 0.2) is 0 Å². The Morgan fingerprint density at radius 1 is 1.32 bits per heavy atom. The number of hydrogen-bond donors (Lipinski definition) is 3. The molecule has 1 aromatic rings. The first kappa shape index (κ1) is 15.2. The van der Waals surface area contributed by atoms with Crippen LogP contribution < -0.4 is 11.1 Å². The topological polar surface area (TPSA) is 92.4 Å². The Hall–Kier alpha value is -1.88. The lowest BCUT2D eigenvalue weighted by atomic mass is 10.0. The molecule has 0 saturated carbocycles. The second-order valence-corrected chi connectivity index (χ2v) is 4.44. The van der Waals surface area contributed by atoms with Crippen molar-refractivity contribution in [3.63, 3.8) is 0 Å². The maximum absolute atomic E-state index is 11.7. The lowest BCUT2D eigenvalue weighted by Gasteiger charge is -2.16. The van der Waals surface area contributed by atoms with Gasteiger partial charge in [-0.2, -0.15) is 0 Å². The summed E-state index contributed by atoms with van der Waals surface area (Å²) < 4.78 is 0. The summed E-state index contributed by atoms with van der Waals surface area (Å²) in [5.74, 6) is -1.45. The molecule has 1 rings (SSSR count). The van der Waals surface area contributed by atoms with Crippen LogP contribution in [0.3, 0.4) is 0 Å². The number of aliphatic carboxylic acids is 1. The van der Waals surface area contributed by atoms with Crippen molar-refractivity contribution in [2.75, 3.05) is 0 Å². The Morgan fingerprint density at radius 3 is 2.47 bits per heavy atom. The minimum Gasteiger partial charge on any atom is -0.480 e. The summed E-state index contributed by atoms with van der Waals surface area (Å²) in [7, 11) is 0. The standard InChI is InChI=1S/C14H20N2O3/c1-2-12(14(18)19)16-13(17)11(15)9-8-10-6-4-3-5-7-10/h3-7,11-12H,2,8-9,15H2,1H3,(H,16,17)(H,18,19)/t11-,12?/m0/s1. The molecule has 1 unspecified atom stereocenters. The average molecular weight is 264 g/mol. The van der Waals surface area contributed by atoms with E-state index in [4.69, 9.17) is 10.8 Å². The molecule has 0 aliphatic heterocycles. The second kappa shape index (κ2) is 7.53. The molecule has 0 aromatic heterocycles. The molecule has 5 nitrogen and oxygen atoms in total. The lowest BCUT2D eigenvalue weighted by Crippen LogP contribution is -2.48. The highest BCUT2D eigenvalue weighted by molar-refractivity contribution is 5.86. The third-order valence-corrected chi connectivity index (χ3v) is 2.95. The Labute approximate surface area is 112 Å². The number of nitrogens with one attached hydrogen (secondary N) is 1. The quantitative estimate of drug-likeness (QED) is 0.683. The molecule has 104 valence electrons. The number of benzene rings is 1. The first-order chi connectivity index (χ1) is 9.04. The van der Waals surface area contributed by atoms with E-state index >= 15 is 0 Å². The van der Waals surface area contributed by atoms with Crippen LogP contribution in [0.25, 0.3) is 0 Å². The summed E-state index contributed by atoms with van der Waals surface area (Å²) in [6, 6.07) is 8.17. The molecule has 0 heterocycles. The van der Waals surface area contributed by atoms with E-state index in [1.807, 2.05) is 30.3 Å². The zero-order chi connectivity index (χ0) is 14.3. The van der Waals surface area contributed by atoms with E-state index in [9.17, 15) is 9.59 Å². The number of carbonyl (C=O) groups is 2. The normalized spacial score (nSPS) is 13.6. The van der Waals surface area contributed by atoms with Gasteiger partial charge in [-0.25, -0.2) is 4.79 Å². The van der Waals surface area contributed by atoms with Crippen molar-refractivity contribution in [1.29, 1.82) is 0 Å². The number of nitrogens with two attached hydrogens (primary N) is 1. The predicted molar refractivity (Wildman–Crippen MR) is 72.6 cm³/mol. The van der Waals surface area contributed by atoms with E-state index in [2.05, 4.69) is 5.32 Å². The van der Waals surface area contributed by atoms with Gasteiger partial charge < -0.3 is 16.2 Å². The highest BCUT2D eigenvalue weighted by atomic mass is 16.4. The Morgan fingerprint density at radius 2 is 1.95 bits per heavy atom. The van der Waals surface area contributed by atoms with Crippen molar-refractivity contribution in [1.82, 2.24) is 5.32 Å². The Kier molecular flexibility index (Phi) is 6.02. The molecule has 19 heavy (non-hydrogen) atoms. The minimum absolute atomic E-state index is 0.340. The maximum atomic E-state index is 11.7. The molecule has 0 aliphatic rings. The van der Waals surface area contributed by atoms with Crippen molar-refractivity contribution in [2.24, 2.45) is 5.73 Å². The van der Waals surface area contributed by atoms with Crippen LogP contribution in [0.5, 0.6) is 0 Å². The number of carboxylic acids is 1. The number of aryl methyl sites for hydroxylation is 1. The lowest BCUT2D eigenvalue weighted by molar-refractivity contribution is -0.142. The number of carboxylic acid groups (broad SMARTS) is 1.